The first-order valence-electron chi connectivity index (χ1n) is 8.06. The average Bonchev–Trinajstić information content (AvgIpc) is 3.19. The fraction of sp³-hybridized carbons (Fsp3) is 0.167. The molecule has 0 aliphatic heterocycles. The molecule has 3 N–H and O–H groups in total. The summed E-state index contributed by atoms with van der Waals surface area (Å²) in [6.07, 6.45) is -3.53. The molecule has 2 aromatic heterocycles. The van der Waals surface area contributed by atoms with Gasteiger partial charge in [0.25, 0.3) is 5.91 Å². The first-order chi connectivity index (χ1) is 13.2. The molecule has 146 valence electrons. The van der Waals surface area contributed by atoms with E-state index < -0.39 is 30.2 Å². The summed E-state index contributed by atoms with van der Waals surface area (Å²) < 4.78 is 38.7. The van der Waals surface area contributed by atoms with Gasteiger partial charge in [-0.25, -0.2) is 0 Å². The molecule has 10 heteroatoms. The fourth-order valence-electron chi connectivity index (χ4n) is 2.73. The van der Waals surface area contributed by atoms with E-state index in [2.05, 4.69) is 10.4 Å². The Morgan fingerprint density at radius 2 is 1.89 bits per heavy atom. The van der Waals surface area contributed by atoms with Gasteiger partial charge < -0.3 is 11.1 Å². The van der Waals surface area contributed by atoms with Gasteiger partial charge in [-0.05, 0) is 18.6 Å². The Labute approximate surface area is 161 Å². The van der Waals surface area contributed by atoms with E-state index in [4.69, 9.17) is 5.73 Å². The third-order valence-electron chi connectivity index (χ3n) is 3.88. The van der Waals surface area contributed by atoms with Crippen molar-refractivity contribution in [3.63, 3.8) is 0 Å². The van der Waals surface area contributed by atoms with E-state index in [1.165, 1.54) is 11.3 Å². The molecule has 0 aliphatic rings. The molecule has 3 rings (SSSR count). The number of aryl methyl sites for hydroxylation is 1. The van der Waals surface area contributed by atoms with E-state index in [0.29, 0.717) is 5.56 Å². The maximum atomic E-state index is 12.6. The van der Waals surface area contributed by atoms with Crippen LogP contribution < -0.4 is 11.1 Å². The van der Waals surface area contributed by atoms with E-state index in [1.54, 1.807) is 6.92 Å². The lowest BCUT2D eigenvalue weighted by molar-refractivity contribution is -0.141. The highest BCUT2D eigenvalue weighted by Gasteiger charge is 2.33. The highest BCUT2D eigenvalue weighted by Crippen LogP contribution is 2.39. The summed E-state index contributed by atoms with van der Waals surface area (Å²) in [6, 6.07) is 9.86. The molecule has 0 bridgehead atoms. The molecule has 0 atom stereocenters. The third kappa shape index (κ3) is 4.06. The zero-order valence-corrected chi connectivity index (χ0v) is 15.4. The van der Waals surface area contributed by atoms with Gasteiger partial charge in [0.05, 0.1) is 5.56 Å². The Hall–Kier alpha value is -3.14. The first-order valence-corrected chi connectivity index (χ1v) is 8.87. The molecule has 6 nitrogen and oxygen atoms in total. The number of alkyl halides is 3. The summed E-state index contributed by atoms with van der Waals surface area (Å²) in [5.41, 5.74) is 5.99. The van der Waals surface area contributed by atoms with Gasteiger partial charge in [0.2, 0.25) is 5.91 Å². The second-order valence-electron chi connectivity index (χ2n) is 5.91. The van der Waals surface area contributed by atoms with Gasteiger partial charge >= 0.3 is 6.18 Å². The molecule has 3 aromatic rings. The van der Waals surface area contributed by atoms with Crippen molar-refractivity contribution in [3.8, 4) is 11.1 Å². The molecular weight excluding hydrogens is 393 g/mol. The van der Waals surface area contributed by atoms with Crippen LogP contribution in [0.25, 0.3) is 11.1 Å². The standard InChI is InChI=1S/C18H15F3N4O2S/c1-10-14(11-5-3-2-4-6-11)15(16(22)27)17(28-10)23-13(26)9-25-8-7-12(24-25)18(19,20)21/h2-8H,9H2,1H3,(H2,22,27)(H,23,26). The van der Waals surface area contributed by atoms with Crippen LogP contribution in [0.1, 0.15) is 20.9 Å². The minimum absolute atomic E-state index is 0.165. The summed E-state index contributed by atoms with van der Waals surface area (Å²) in [6.45, 7) is 1.35. The van der Waals surface area contributed by atoms with E-state index >= 15 is 0 Å². The number of rotatable bonds is 5. The van der Waals surface area contributed by atoms with Crippen molar-refractivity contribution >= 4 is 28.2 Å². The Balaban J connectivity index is 1.85. The van der Waals surface area contributed by atoms with Crippen LogP contribution in [0.3, 0.4) is 0 Å². The summed E-state index contributed by atoms with van der Waals surface area (Å²) >= 11 is 1.17. The normalized spacial score (nSPS) is 11.4. The minimum Gasteiger partial charge on any atom is -0.365 e. The van der Waals surface area contributed by atoms with Gasteiger partial charge in [0.1, 0.15) is 11.5 Å². The zero-order valence-electron chi connectivity index (χ0n) is 14.6. The van der Waals surface area contributed by atoms with Crippen LogP contribution in [0.5, 0.6) is 0 Å². The van der Waals surface area contributed by atoms with Crippen LogP contribution in [0.2, 0.25) is 0 Å². The van der Waals surface area contributed by atoms with Gasteiger partial charge in [0.15, 0.2) is 5.69 Å². The van der Waals surface area contributed by atoms with E-state index in [0.717, 1.165) is 27.4 Å². The molecule has 2 heterocycles. The van der Waals surface area contributed by atoms with Crippen molar-refractivity contribution in [3.05, 3.63) is 58.7 Å². The molecule has 0 fully saturated rings. The number of nitrogens with two attached hydrogens (primary N) is 1. The number of nitrogens with one attached hydrogen (secondary N) is 1. The highest BCUT2D eigenvalue weighted by molar-refractivity contribution is 7.17. The zero-order chi connectivity index (χ0) is 20.5. The maximum absolute atomic E-state index is 12.6. The molecule has 0 aliphatic carbocycles. The fourth-order valence-corrected chi connectivity index (χ4v) is 3.83. The molecule has 2 amide bonds. The van der Waals surface area contributed by atoms with Crippen molar-refractivity contribution in [2.75, 3.05) is 5.32 Å². The number of hydrogen-bond acceptors (Lipinski definition) is 4. The smallest absolute Gasteiger partial charge is 0.365 e. The van der Waals surface area contributed by atoms with Crippen molar-refractivity contribution in [2.24, 2.45) is 5.73 Å². The van der Waals surface area contributed by atoms with Crippen LogP contribution in [-0.4, -0.2) is 21.6 Å². The molecule has 1 aromatic carbocycles. The lowest BCUT2D eigenvalue weighted by Crippen LogP contribution is -2.21. The Morgan fingerprint density at radius 3 is 2.46 bits per heavy atom. The SMILES string of the molecule is Cc1sc(NC(=O)Cn2ccc(C(F)(F)F)n2)c(C(N)=O)c1-c1ccccc1. The summed E-state index contributed by atoms with van der Waals surface area (Å²) in [5.74, 6) is -1.34. The molecular formula is C18H15F3N4O2S. The third-order valence-corrected chi connectivity index (χ3v) is 4.90. The van der Waals surface area contributed by atoms with Gasteiger partial charge in [-0.2, -0.15) is 18.3 Å². The number of aromatic nitrogens is 2. The minimum atomic E-state index is -4.59. The quantitative estimate of drug-likeness (QED) is 0.675. The van der Waals surface area contributed by atoms with Crippen LogP contribution in [-0.2, 0) is 17.5 Å². The van der Waals surface area contributed by atoms with Crippen LogP contribution in [0.15, 0.2) is 42.6 Å². The second kappa shape index (κ2) is 7.47. The summed E-state index contributed by atoms with van der Waals surface area (Å²) in [4.78, 5) is 25.1. The van der Waals surface area contributed by atoms with E-state index in [9.17, 15) is 22.8 Å². The van der Waals surface area contributed by atoms with Gasteiger partial charge in [-0.15, -0.1) is 11.3 Å². The van der Waals surface area contributed by atoms with Crippen molar-refractivity contribution in [1.29, 1.82) is 0 Å². The number of benzene rings is 1. The number of nitrogens with zero attached hydrogens (tertiary/aromatic N) is 2. The summed E-state index contributed by atoms with van der Waals surface area (Å²) in [7, 11) is 0. The molecule has 28 heavy (non-hydrogen) atoms. The van der Waals surface area contributed by atoms with Crippen LogP contribution in [0, 0.1) is 6.92 Å². The number of hydrogen-bond donors (Lipinski definition) is 2. The first kappa shape index (κ1) is 19.6. The number of carbonyl (C=O) groups is 2. The predicted octanol–water partition coefficient (Wildman–Crippen LogP) is 3.68. The molecule has 0 saturated carbocycles. The molecule has 0 radical (unpaired) electrons. The lowest BCUT2D eigenvalue weighted by atomic mass is 10.0. The number of thiophene rings is 1. The van der Waals surface area contributed by atoms with Crippen LogP contribution >= 0.6 is 11.3 Å². The molecule has 0 spiro atoms. The lowest BCUT2D eigenvalue weighted by Gasteiger charge is -2.07. The number of amides is 2. The Morgan fingerprint density at radius 1 is 1.21 bits per heavy atom. The number of anilines is 1. The number of primary amides is 1. The molecule has 0 unspecified atom stereocenters. The van der Waals surface area contributed by atoms with E-state index in [1.807, 2.05) is 30.3 Å². The Kier molecular flexibility index (Phi) is 5.23. The molecule has 0 saturated heterocycles. The maximum Gasteiger partial charge on any atom is 0.435 e. The van der Waals surface area contributed by atoms with Crippen LogP contribution in [0.4, 0.5) is 18.2 Å². The Bertz CT molecular complexity index is 1030. The average molecular weight is 408 g/mol. The van der Waals surface area contributed by atoms with Crippen molar-refractivity contribution in [1.82, 2.24) is 9.78 Å². The van der Waals surface area contributed by atoms with E-state index in [-0.39, 0.29) is 10.6 Å². The largest absolute Gasteiger partial charge is 0.435 e. The van der Waals surface area contributed by atoms with Gasteiger partial charge in [-0.3, -0.25) is 14.3 Å². The van der Waals surface area contributed by atoms with Crippen molar-refractivity contribution < 1.29 is 22.8 Å². The van der Waals surface area contributed by atoms with Gasteiger partial charge in [-0.1, -0.05) is 30.3 Å². The highest BCUT2D eigenvalue weighted by atomic mass is 32.1. The van der Waals surface area contributed by atoms with Crippen molar-refractivity contribution in [2.45, 2.75) is 19.6 Å². The monoisotopic (exact) mass is 408 g/mol. The van der Waals surface area contributed by atoms with Gasteiger partial charge in [0, 0.05) is 16.6 Å². The summed E-state index contributed by atoms with van der Waals surface area (Å²) in [5, 5.41) is 6.14. The number of halogens is 3. The topological polar surface area (TPSA) is 90.0 Å². The number of carbonyl (C=O) groups excluding carboxylic acids is 2. The predicted molar refractivity (Wildman–Crippen MR) is 98.9 cm³/mol. The second-order valence-corrected chi connectivity index (χ2v) is 7.14.